The van der Waals surface area contributed by atoms with Gasteiger partial charge in [0.05, 0.1) is 25.2 Å². The highest BCUT2D eigenvalue weighted by atomic mass is 32.1. The van der Waals surface area contributed by atoms with Gasteiger partial charge in [0, 0.05) is 43.0 Å². The minimum Gasteiger partial charge on any atom is -0.497 e. The average molecular weight is 495 g/mol. The van der Waals surface area contributed by atoms with Gasteiger partial charge < -0.3 is 19.3 Å². The minimum absolute atomic E-state index is 0.0123. The molecule has 0 N–H and O–H groups in total. The minimum atomic E-state index is -0.0123. The lowest BCUT2D eigenvalue weighted by Crippen LogP contribution is -2.49. The van der Waals surface area contributed by atoms with Crippen molar-refractivity contribution in [2.24, 2.45) is 5.92 Å². The van der Waals surface area contributed by atoms with E-state index < -0.39 is 0 Å². The van der Waals surface area contributed by atoms with E-state index in [-0.39, 0.29) is 11.8 Å². The molecule has 1 aliphatic heterocycles. The van der Waals surface area contributed by atoms with E-state index in [0.29, 0.717) is 30.2 Å². The number of aromatic nitrogens is 2. The summed E-state index contributed by atoms with van der Waals surface area (Å²) in [5.74, 6) is 4.14. The first-order valence-electron chi connectivity index (χ1n) is 12.5. The van der Waals surface area contributed by atoms with Crippen LogP contribution in [0.15, 0.2) is 18.2 Å². The summed E-state index contributed by atoms with van der Waals surface area (Å²) in [6.45, 7) is 9.41. The molecule has 0 bridgehead atoms. The normalized spacial score (nSPS) is 18.2. The van der Waals surface area contributed by atoms with Crippen molar-refractivity contribution in [1.82, 2.24) is 14.9 Å². The largest absolute Gasteiger partial charge is 0.497 e. The van der Waals surface area contributed by atoms with Crippen molar-refractivity contribution in [2.75, 3.05) is 45.3 Å². The zero-order valence-electron chi connectivity index (χ0n) is 21.3. The van der Waals surface area contributed by atoms with Crippen molar-refractivity contribution in [1.29, 1.82) is 0 Å². The van der Waals surface area contributed by atoms with Crippen LogP contribution in [0.4, 0.5) is 5.82 Å². The Morgan fingerprint density at radius 3 is 2.57 bits per heavy atom. The van der Waals surface area contributed by atoms with E-state index in [4.69, 9.17) is 19.4 Å². The van der Waals surface area contributed by atoms with Crippen LogP contribution in [0, 0.1) is 5.92 Å². The lowest BCUT2D eigenvalue weighted by Gasteiger charge is -2.36. The molecule has 1 unspecified atom stereocenters. The second-order valence-corrected chi connectivity index (χ2v) is 11.0. The molecule has 3 heterocycles. The summed E-state index contributed by atoms with van der Waals surface area (Å²) in [7, 11) is 3.19. The molecule has 2 aromatic heterocycles. The molecule has 1 saturated heterocycles. The van der Waals surface area contributed by atoms with Gasteiger partial charge in [0.2, 0.25) is 0 Å². The maximum Gasteiger partial charge on any atom is 0.257 e. The number of rotatable bonds is 5. The van der Waals surface area contributed by atoms with Gasteiger partial charge >= 0.3 is 0 Å². The van der Waals surface area contributed by atoms with Crippen molar-refractivity contribution in [3.63, 3.8) is 0 Å². The summed E-state index contributed by atoms with van der Waals surface area (Å²) in [5.41, 5.74) is 2.02. The van der Waals surface area contributed by atoms with Gasteiger partial charge in [0.1, 0.15) is 28.0 Å². The van der Waals surface area contributed by atoms with Crippen LogP contribution in [-0.4, -0.2) is 61.2 Å². The SMILES string of the molecule is COc1ccc(C(=O)N2CCN(c3nc(C(C)C)nc4sc5c(c34)CCC(C)C5)CC2)c(OC)c1. The molecular formula is C27H34N4O3S. The molecule has 1 fully saturated rings. The van der Waals surface area contributed by atoms with E-state index in [1.54, 1.807) is 32.4 Å². The molecule has 1 aromatic carbocycles. The zero-order valence-corrected chi connectivity index (χ0v) is 22.1. The van der Waals surface area contributed by atoms with Gasteiger partial charge in [-0.2, -0.15) is 0 Å². The van der Waals surface area contributed by atoms with Crippen LogP contribution >= 0.6 is 11.3 Å². The number of hydrogen-bond acceptors (Lipinski definition) is 7. The van der Waals surface area contributed by atoms with Gasteiger partial charge in [0.15, 0.2) is 0 Å². The van der Waals surface area contributed by atoms with Crippen molar-refractivity contribution in [2.45, 2.75) is 46.0 Å². The predicted octanol–water partition coefficient (Wildman–Crippen LogP) is 4.92. The summed E-state index contributed by atoms with van der Waals surface area (Å²) in [4.78, 5) is 30.2. The van der Waals surface area contributed by atoms with Crippen LogP contribution in [0.5, 0.6) is 11.5 Å². The summed E-state index contributed by atoms with van der Waals surface area (Å²) in [6.07, 6.45) is 3.46. The summed E-state index contributed by atoms with van der Waals surface area (Å²) >= 11 is 1.86. The molecule has 186 valence electrons. The highest BCUT2D eigenvalue weighted by Crippen LogP contribution is 2.41. The Balaban J connectivity index is 1.42. The Morgan fingerprint density at radius 1 is 1.11 bits per heavy atom. The molecule has 1 aliphatic carbocycles. The number of amides is 1. The molecule has 0 spiro atoms. The number of carbonyl (C=O) groups is 1. The van der Waals surface area contributed by atoms with Gasteiger partial charge in [-0.3, -0.25) is 4.79 Å². The lowest BCUT2D eigenvalue weighted by molar-refractivity contribution is 0.0743. The van der Waals surface area contributed by atoms with Gasteiger partial charge in [-0.1, -0.05) is 20.8 Å². The van der Waals surface area contributed by atoms with Gasteiger partial charge in [-0.25, -0.2) is 9.97 Å². The summed E-state index contributed by atoms with van der Waals surface area (Å²) < 4.78 is 10.7. The summed E-state index contributed by atoms with van der Waals surface area (Å²) in [6, 6.07) is 5.35. The van der Waals surface area contributed by atoms with E-state index >= 15 is 0 Å². The van der Waals surface area contributed by atoms with Crippen molar-refractivity contribution < 1.29 is 14.3 Å². The van der Waals surface area contributed by atoms with Crippen LogP contribution in [0.25, 0.3) is 10.2 Å². The fourth-order valence-electron chi connectivity index (χ4n) is 5.09. The molecule has 1 amide bonds. The maximum absolute atomic E-state index is 13.3. The molecular weight excluding hydrogens is 460 g/mol. The monoisotopic (exact) mass is 494 g/mol. The van der Waals surface area contributed by atoms with Crippen LogP contribution in [0.2, 0.25) is 0 Å². The highest BCUT2D eigenvalue weighted by molar-refractivity contribution is 7.19. The van der Waals surface area contributed by atoms with Gasteiger partial charge in [-0.05, 0) is 42.9 Å². The quantitative estimate of drug-likeness (QED) is 0.502. The molecule has 1 atom stereocenters. The first kappa shape index (κ1) is 23.9. The smallest absolute Gasteiger partial charge is 0.257 e. The standard InChI is InChI=1S/C27H34N4O3S/c1-16(2)24-28-25(23-20-8-6-17(3)14-22(20)35-26(23)29-24)30-10-12-31(13-11-30)27(32)19-9-7-18(33-4)15-21(19)34-5/h7,9,15-17H,6,8,10-14H2,1-5H3. The topological polar surface area (TPSA) is 67.8 Å². The van der Waals surface area contributed by atoms with E-state index in [1.165, 1.54) is 22.2 Å². The fraction of sp³-hybridized carbons (Fsp3) is 0.519. The number of nitrogens with zero attached hydrogens (tertiary/aromatic N) is 4. The molecule has 35 heavy (non-hydrogen) atoms. The second kappa shape index (κ2) is 9.64. The third kappa shape index (κ3) is 4.44. The average Bonchev–Trinajstić information content (AvgIpc) is 3.24. The Morgan fingerprint density at radius 2 is 1.89 bits per heavy atom. The third-order valence-electron chi connectivity index (χ3n) is 7.18. The number of hydrogen-bond donors (Lipinski definition) is 0. The Kier molecular flexibility index (Phi) is 6.57. The van der Waals surface area contributed by atoms with Crippen LogP contribution < -0.4 is 14.4 Å². The van der Waals surface area contributed by atoms with Crippen LogP contribution in [-0.2, 0) is 12.8 Å². The number of anilines is 1. The summed E-state index contributed by atoms with van der Waals surface area (Å²) in [5, 5.41) is 1.25. The van der Waals surface area contributed by atoms with Crippen molar-refractivity contribution in [3.05, 3.63) is 40.0 Å². The molecule has 3 aromatic rings. The Hall–Kier alpha value is -2.87. The fourth-order valence-corrected chi connectivity index (χ4v) is 6.48. The number of fused-ring (bicyclic) bond motifs is 3. The van der Waals surface area contributed by atoms with Crippen molar-refractivity contribution in [3.8, 4) is 11.5 Å². The van der Waals surface area contributed by atoms with Crippen molar-refractivity contribution >= 4 is 33.3 Å². The first-order valence-corrected chi connectivity index (χ1v) is 13.3. The number of benzene rings is 1. The number of thiophene rings is 1. The highest BCUT2D eigenvalue weighted by Gasteiger charge is 2.30. The van der Waals surface area contributed by atoms with Crippen LogP contribution in [0.1, 0.15) is 59.7 Å². The van der Waals surface area contributed by atoms with E-state index in [1.807, 2.05) is 16.2 Å². The number of piperazine rings is 1. The van der Waals surface area contributed by atoms with E-state index in [0.717, 1.165) is 48.3 Å². The third-order valence-corrected chi connectivity index (χ3v) is 8.32. The molecule has 8 heteroatoms. The van der Waals surface area contributed by atoms with E-state index in [2.05, 4.69) is 25.7 Å². The molecule has 0 radical (unpaired) electrons. The molecule has 0 saturated carbocycles. The molecule has 5 rings (SSSR count). The maximum atomic E-state index is 13.3. The number of methoxy groups -OCH3 is 2. The molecule has 7 nitrogen and oxygen atoms in total. The number of carbonyl (C=O) groups excluding carboxylic acids is 1. The Bertz CT molecular complexity index is 1250. The number of aryl methyl sites for hydroxylation is 1. The lowest BCUT2D eigenvalue weighted by atomic mass is 9.89. The zero-order chi connectivity index (χ0) is 24.7. The van der Waals surface area contributed by atoms with E-state index in [9.17, 15) is 4.79 Å². The first-order chi connectivity index (χ1) is 16.9. The van der Waals surface area contributed by atoms with Crippen LogP contribution in [0.3, 0.4) is 0 Å². The van der Waals surface area contributed by atoms with Gasteiger partial charge in [0.25, 0.3) is 5.91 Å². The molecule has 2 aliphatic rings. The number of ether oxygens (including phenoxy) is 2. The predicted molar refractivity (Wildman–Crippen MR) is 140 cm³/mol. The van der Waals surface area contributed by atoms with Gasteiger partial charge in [-0.15, -0.1) is 11.3 Å². The second-order valence-electron chi connectivity index (χ2n) is 9.94. The Labute approximate surface area is 211 Å².